The fourth-order valence-electron chi connectivity index (χ4n) is 3.36. The number of rotatable bonds is 6. The van der Waals surface area contributed by atoms with Gasteiger partial charge in [-0.2, -0.15) is 17.9 Å². The maximum Gasteiger partial charge on any atom is 0.240 e. The second-order valence-corrected chi connectivity index (χ2v) is 8.03. The molecule has 0 saturated carbocycles. The SMILES string of the molecule is N#Cc1ccc(-c2ccc(C[C@H](NC(=O)C3(N)CCOCC3)C(N)S)cc2)cc1. The summed E-state index contributed by atoms with van der Waals surface area (Å²) >= 11 is 4.36. The van der Waals surface area contributed by atoms with Crippen LogP contribution in [0, 0.1) is 11.3 Å². The highest BCUT2D eigenvalue weighted by molar-refractivity contribution is 7.80. The third kappa shape index (κ3) is 5.37. The highest BCUT2D eigenvalue weighted by Gasteiger charge is 2.37. The van der Waals surface area contributed by atoms with E-state index in [0.29, 0.717) is 38.0 Å². The van der Waals surface area contributed by atoms with Crippen molar-refractivity contribution < 1.29 is 9.53 Å². The molecule has 1 fully saturated rings. The van der Waals surface area contributed by atoms with Crippen molar-refractivity contribution in [2.75, 3.05) is 13.2 Å². The van der Waals surface area contributed by atoms with Gasteiger partial charge in [0.2, 0.25) is 5.91 Å². The van der Waals surface area contributed by atoms with Gasteiger partial charge in [-0.25, -0.2) is 0 Å². The number of carbonyl (C=O) groups excluding carboxylic acids is 1. The predicted octanol–water partition coefficient (Wildman–Crippen LogP) is 1.98. The van der Waals surface area contributed by atoms with Crippen molar-refractivity contribution in [3.05, 3.63) is 59.7 Å². The molecule has 2 aromatic rings. The Morgan fingerprint density at radius 3 is 2.21 bits per heavy atom. The van der Waals surface area contributed by atoms with Gasteiger partial charge in [-0.3, -0.25) is 4.79 Å². The highest BCUT2D eigenvalue weighted by Crippen LogP contribution is 2.22. The van der Waals surface area contributed by atoms with E-state index in [-0.39, 0.29) is 11.9 Å². The molecule has 1 aliphatic rings. The molecule has 5 N–H and O–H groups in total. The number of hydrogen-bond donors (Lipinski definition) is 4. The van der Waals surface area contributed by atoms with Crippen LogP contribution in [0.3, 0.4) is 0 Å². The number of amides is 1. The van der Waals surface area contributed by atoms with Crippen molar-refractivity contribution in [3.63, 3.8) is 0 Å². The van der Waals surface area contributed by atoms with Crippen LogP contribution in [-0.2, 0) is 16.0 Å². The Labute approximate surface area is 176 Å². The van der Waals surface area contributed by atoms with Crippen LogP contribution < -0.4 is 16.8 Å². The first-order valence-corrected chi connectivity index (χ1v) is 10.1. The molecule has 3 rings (SSSR count). The van der Waals surface area contributed by atoms with Crippen LogP contribution in [0.1, 0.15) is 24.0 Å². The number of nitriles is 1. The number of benzene rings is 2. The van der Waals surface area contributed by atoms with Gasteiger partial charge in [0.1, 0.15) is 0 Å². The number of hydrogen-bond acceptors (Lipinski definition) is 6. The molecule has 1 heterocycles. The van der Waals surface area contributed by atoms with E-state index in [1.807, 2.05) is 36.4 Å². The summed E-state index contributed by atoms with van der Waals surface area (Å²) in [5.41, 5.74) is 15.1. The van der Waals surface area contributed by atoms with E-state index >= 15 is 0 Å². The summed E-state index contributed by atoms with van der Waals surface area (Å²) in [4.78, 5) is 12.7. The van der Waals surface area contributed by atoms with Crippen molar-refractivity contribution in [2.24, 2.45) is 11.5 Å². The van der Waals surface area contributed by atoms with Gasteiger partial charge in [-0.05, 0) is 48.1 Å². The molecule has 2 aromatic carbocycles. The molecule has 1 aliphatic heterocycles. The van der Waals surface area contributed by atoms with Gasteiger partial charge in [-0.1, -0.05) is 36.4 Å². The van der Waals surface area contributed by atoms with Gasteiger partial charge in [0.25, 0.3) is 0 Å². The van der Waals surface area contributed by atoms with E-state index < -0.39 is 10.9 Å². The van der Waals surface area contributed by atoms with Crippen molar-refractivity contribution in [3.8, 4) is 17.2 Å². The smallest absolute Gasteiger partial charge is 0.240 e. The van der Waals surface area contributed by atoms with Crippen molar-refractivity contribution in [2.45, 2.75) is 36.2 Å². The fraction of sp³-hybridized carbons (Fsp3) is 0.364. The van der Waals surface area contributed by atoms with Crippen LogP contribution >= 0.6 is 12.6 Å². The summed E-state index contributed by atoms with van der Waals surface area (Å²) in [6.45, 7) is 0.969. The minimum absolute atomic E-state index is 0.204. The molecule has 29 heavy (non-hydrogen) atoms. The Morgan fingerprint density at radius 1 is 1.14 bits per heavy atom. The molecular weight excluding hydrogens is 384 g/mol. The van der Waals surface area contributed by atoms with E-state index in [4.69, 9.17) is 21.5 Å². The average molecular weight is 411 g/mol. The Morgan fingerprint density at radius 2 is 1.69 bits per heavy atom. The molecule has 152 valence electrons. The van der Waals surface area contributed by atoms with E-state index in [0.717, 1.165) is 16.7 Å². The standard InChI is InChI=1S/C22H26N4O2S/c23-14-16-3-7-18(8-4-16)17-5-1-15(2-6-17)13-19(20(24)29)26-21(27)22(25)9-11-28-12-10-22/h1-8,19-20,29H,9-13,24-25H2,(H,26,27)/t19-,20?/m0/s1. The molecule has 7 heteroatoms. The molecular formula is C22H26N4O2S. The van der Waals surface area contributed by atoms with E-state index in [1.165, 1.54) is 0 Å². The molecule has 0 bridgehead atoms. The Balaban J connectivity index is 1.67. The third-order valence-electron chi connectivity index (χ3n) is 5.32. The molecule has 6 nitrogen and oxygen atoms in total. The lowest BCUT2D eigenvalue weighted by molar-refractivity contribution is -0.130. The first kappa shape index (κ1) is 21.3. The van der Waals surface area contributed by atoms with E-state index in [2.05, 4.69) is 24.0 Å². The minimum atomic E-state index is -0.918. The van der Waals surface area contributed by atoms with E-state index in [1.54, 1.807) is 12.1 Å². The molecule has 1 amide bonds. The fourth-order valence-corrected chi connectivity index (χ4v) is 3.54. The van der Waals surface area contributed by atoms with Crippen molar-refractivity contribution in [1.29, 1.82) is 5.26 Å². The number of thiol groups is 1. The summed E-state index contributed by atoms with van der Waals surface area (Å²) in [6, 6.07) is 17.3. The van der Waals surface area contributed by atoms with Gasteiger partial charge in [-0.15, -0.1) is 0 Å². The number of ether oxygens (including phenoxy) is 1. The van der Waals surface area contributed by atoms with Crippen LogP contribution in [0.25, 0.3) is 11.1 Å². The number of nitrogens with one attached hydrogen (secondary N) is 1. The second-order valence-electron chi connectivity index (χ2n) is 7.43. The zero-order valence-corrected chi connectivity index (χ0v) is 17.1. The maximum atomic E-state index is 12.7. The van der Waals surface area contributed by atoms with Crippen molar-refractivity contribution >= 4 is 18.5 Å². The lowest BCUT2D eigenvalue weighted by atomic mass is 9.89. The van der Waals surface area contributed by atoms with Crippen LogP contribution in [0.15, 0.2) is 48.5 Å². The normalized spacial score (nSPS) is 17.7. The topological polar surface area (TPSA) is 114 Å². The monoisotopic (exact) mass is 410 g/mol. The Bertz CT molecular complexity index is 869. The Kier molecular flexibility index (Phi) is 6.93. The van der Waals surface area contributed by atoms with Gasteiger partial charge < -0.3 is 21.5 Å². The predicted molar refractivity (Wildman–Crippen MR) is 116 cm³/mol. The second kappa shape index (κ2) is 9.42. The van der Waals surface area contributed by atoms with Crippen LogP contribution in [0.2, 0.25) is 0 Å². The van der Waals surface area contributed by atoms with Crippen LogP contribution in [0.5, 0.6) is 0 Å². The van der Waals surface area contributed by atoms with Crippen LogP contribution in [-0.4, -0.2) is 36.1 Å². The summed E-state index contributed by atoms with van der Waals surface area (Å²) in [5, 5.41) is 11.4. The first-order chi connectivity index (χ1) is 13.9. The number of nitrogens with zero attached hydrogens (tertiary/aromatic N) is 1. The zero-order chi connectivity index (χ0) is 20.9. The molecule has 0 spiro atoms. The van der Waals surface area contributed by atoms with Gasteiger partial charge in [0, 0.05) is 13.2 Å². The molecule has 2 atom stereocenters. The van der Waals surface area contributed by atoms with E-state index in [9.17, 15) is 4.79 Å². The highest BCUT2D eigenvalue weighted by atomic mass is 32.1. The largest absolute Gasteiger partial charge is 0.381 e. The molecule has 0 radical (unpaired) electrons. The summed E-state index contributed by atoms with van der Waals surface area (Å²) in [7, 11) is 0. The average Bonchev–Trinajstić information content (AvgIpc) is 2.74. The van der Waals surface area contributed by atoms with Crippen LogP contribution in [0.4, 0.5) is 0 Å². The minimum Gasteiger partial charge on any atom is -0.381 e. The summed E-state index contributed by atoms with van der Waals surface area (Å²) < 4.78 is 5.31. The van der Waals surface area contributed by atoms with Crippen molar-refractivity contribution in [1.82, 2.24) is 5.32 Å². The van der Waals surface area contributed by atoms with Gasteiger partial charge >= 0.3 is 0 Å². The molecule has 1 saturated heterocycles. The molecule has 1 unspecified atom stereocenters. The third-order valence-corrected chi connectivity index (χ3v) is 5.68. The first-order valence-electron chi connectivity index (χ1n) is 9.62. The number of nitrogens with two attached hydrogens (primary N) is 2. The van der Waals surface area contributed by atoms with Gasteiger partial charge in [0.05, 0.1) is 28.6 Å². The molecule has 0 aliphatic carbocycles. The summed E-state index contributed by atoms with van der Waals surface area (Å²) in [5.74, 6) is -0.204. The van der Waals surface area contributed by atoms with Gasteiger partial charge in [0.15, 0.2) is 0 Å². The quantitative estimate of drug-likeness (QED) is 0.429. The molecule has 0 aromatic heterocycles. The Hall–Kier alpha value is -2.37. The lowest BCUT2D eigenvalue weighted by Crippen LogP contribution is -2.60. The zero-order valence-electron chi connectivity index (χ0n) is 16.2. The maximum absolute atomic E-state index is 12.7. The number of carbonyl (C=O) groups is 1. The summed E-state index contributed by atoms with van der Waals surface area (Å²) in [6.07, 6.45) is 1.54. The lowest BCUT2D eigenvalue weighted by Gasteiger charge is -2.34.